The largest absolute Gasteiger partial charge is 0.496 e. The molecule has 5 heteroatoms. The third-order valence-electron chi connectivity index (χ3n) is 2.99. The third-order valence-corrected chi connectivity index (χ3v) is 2.99. The van der Waals surface area contributed by atoms with E-state index in [9.17, 15) is 4.79 Å². The molecule has 0 bridgehead atoms. The Morgan fingerprint density at radius 3 is 2.79 bits per heavy atom. The molecule has 1 heterocycles. The number of nitrogens with zero attached hydrogens (tertiary/aromatic N) is 1. The molecule has 1 unspecified atom stereocenters. The molecule has 1 aromatic heterocycles. The van der Waals surface area contributed by atoms with Crippen molar-refractivity contribution >= 4 is 5.97 Å². The summed E-state index contributed by atoms with van der Waals surface area (Å²) >= 11 is 0. The molecule has 2 rings (SSSR count). The Labute approximate surface area is 111 Å². The summed E-state index contributed by atoms with van der Waals surface area (Å²) in [4.78, 5) is 18.3. The number of carboxylic acids is 1. The molecule has 0 radical (unpaired) electrons. The number of hydrogen-bond donors (Lipinski definition) is 2. The topological polar surface area (TPSA) is 75.2 Å². The first-order valence-electron chi connectivity index (χ1n) is 5.98. The molecular formula is C14H16N2O3. The summed E-state index contributed by atoms with van der Waals surface area (Å²) < 4.78 is 5.31. The van der Waals surface area contributed by atoms with Gasteiger partial charge in [0, 0.05) is 23.4 Å². The molecule has 5 nitrogen and oxygen atoms in total. The first-order chi connectivity index (χ1) is 9.11. The number of imidazole rings is 1. The van der Waals surface area contributed by atoms with Crippen molar-refractivity contribution in [3.63, 3.8) is 0 Å². The first kappa shape index (κ1) is 13.1. The van der Waals surface area contributed by atoms with Crippen molar-refractivity contribution in [3.05, 3.63) is 47.5 Å². The Bertz CT molecular complexity index is 578. The Hall–Kier alpha value is -2.30. The lowest BCUT2D eigenvalue weighted by Crippen LogP contribution is -2.09. The number of methoxy groups -OCH3 is 1. The van der Waals surface area contributed by atoms with Crippen LogP contribution < -0.4 is 4.74 Å². The van der Waals surface area contributed by atoms with E-state index in [1.54, 1.807) is 13.3 Å². The summed E-state index contributed by atoms with van der Waals surface area (Å²) in [5.41, 5.74) is 1.63. The fourth-order valence-corrected chi connectivity index (χ4v) is 2.13. The highest BCUT2D eigenvalue weighted by Gasteiger charge is 2.22. The number of carbonyl (C=O) groups is 1. The van der Waals surface area contributed by atoms with Crippen molar-refractivity contribution in [2.75, 3.05) is 7.11 Å². The molecule has 1 aromatic carbocycles. The minimum Gasteiger partial charge on any atom is -0.496 e. The van der Waals surface area contributed by atoms with Gasteiger partial charge >= 0.3 is 5.97 Å². The Kier molecular flexibility index (Phi) is 3.85. The number of carboxylic acid groups (broad SMARTS) is 1. The van der Waals surface area contributed by atoms with Crippen molar-refractivity contribution in [2.45, 2.75) is 19.3 Å². The second-order valence-corrected chi connectivity index (χ2v) is 4.32. The number of aliphatic carboxylic acids is 1. The van der Waals surface area contributed by atoms with Crippen molar-refractivity contribution in [1.29, 1.82) is 0 Å². The number of H-pyrrole nitrogens is 1. The fraction of sp³-hybridized carbons (Fsp3) is 0.286. The molecule has 2 aromatic rings. The third kappa shape index (κ3) is 2.93. The van der Waals surface area contributed by atoms with E-state index in [0.29, 0.717) is 5.75 Å². The van der Waals surface area contributed by atoms with Crippen LogP contribution in [0.15, 0.2) is 30.5 Å². The van der Waals surface area contributed by atoms with E-state index in [0.717, 1.165) is 17.1 Å². The summed E-state index contributed by atoms with van der Waals surface area (Å²) in [5, 5.41) is 9.10. The summed E-state index contributed by atoms with van der Waals surface area (Å²) in [6, 6.07) is 7.43. The zero-order valence-electron chi connectivity index (χ0n) is 10.9. The standard InChI is InChI=1S/C14H16N2O3/c1-9-15-8-12(16-9)11(7-14(17)18)10-5-3-4-6-13(10)19-2/h3-6,8,11H,7H2,1-2H3,(H,15,16)(H,17,18). The second kappa shape index (κ2) is 5.56. The van der Waals surface area contributed by atoms with Crippen LogP contribution in [0.1, 0.15) is 29.4 Å². The zero-order chi connectivity index (χ0) is 13.8. The molecular weight excluding hydrogens is 244 g/mol. The molecule has 19 heavy (non-hydrogen) atoms. The normalized spacial score (nSPS) is 12.1. The molecule has 0 saturated carbocycles. The minimum atomic E-state index is -0.858. The van der Waals surface area contributed by atoms with Gasteiger partial charge in [-0.15, -0.1) is 0 Å². The lowest BCUT2D eigenvalue weighted by Gasteiger charge is -2.16. The lowest BCUT2D eigenvalue weighted by atomic mass is 9.92. The molecule has 1 atom stereocenters. The van der Waals surface area contributed by atoms with Gasteiger partial charge in [0.15, 0.2) is 0 Å². The second-order valence-electron chi connectivity index (χ2n) is 4.32. The van der Waals surface area contributed by atoms with Crippen LogP contribution in [0.25, 0.3) is 0 Å². The van der Waals surface area contributed by atoms with Crippen molar-refractivity contribution in [3.8, 4) is 5.75 Å². The van der Waals surface area contributed by atoms with E-state index in [2.05, 4.69) is 9.97 Å². The highest BCUT2D eigenvalue weighted by Crippen LogP contribution is 2.33. The monoisotopic (exact) mass is 260 g/mol. The average Bonchev–Trinajstić information content (AvgIpc) is 2.82. The van der Waals surface area contributed by atoms with Gasteiger partial charge in [-0.3, -0.25) is 4.79 Å². The van der Waals surface area contributed by atoms with E-state index in [-0.39, 0.29) is 12.3 Å². The van der Waals surface area contributed by atoms with Gasteiger partial charge in [-0.25, -0.2) is 4.98 Å². The van der Waals surface area contributed by atoms with Crippen LogP contribution in [-0.4, -0.2) is 28.2 Å². The van der Waals surface area contributed by atoms with Gasteiger partial charge in [-0.2, -0.15) is 0 Å². The average molecular weight is 260 g/mol. The molecule has 0 amide bonds. The van der Waals surface area contributed by atoms with Crippen LogP contribution in [0.2, 0.25) is 0 Å². The molecule has 0 spiro atoms. The summed E-state index contributed by atoms with van der Waals surface area (Å²) in [7, 11) is 1.58. The summed E-state index contributed by atoms with van der Waals surface area (Å²) in [6.45, 7) is 1.84. The highest BCUT2D eigenvalue weighted by molar-refractivity contribution is 5.69. The number of benzene rings is 1. The van der Waals surface area contributed by atoms with Crippen LogP contribution in [0, 0.1) is 6.92 Å². The predicted molar refractivity (Wildman–Crippen MR) is 70.4 cm³/mol. The van der Waals surface area contributed by atoms with Crippen LogP contribution in [-0.2, 0) is 4.79 Å². The summed E-state index contributed by atoms with van der Waals surface area (Å²) in [5.74, 6) is 0.291. The maximum Gasteiger partial charge on any atom is 0.304 e. The van der Waals surface area contributed by atoms with E-state index in [1.165, 1.54) is 0 Å². The van der Waals surface area contributed by atoms with Gasteiger partial charge in [0.25, 0.3) is 0 Å². The number of aromatic nitrogens is 2. The molecule has 0 aliphatic heterocycles. The van der Waals surface area contributed by atoms with Crippen LogP contribution >= 0.6 is 0 Å². The van der Waals surface area contributed by atoms with Crippen molar-refractivity contribution < 1.29 is 14.6 Å². The van der Waals surface area contributed by atoms with E-state index in [4.69, 9.17) is 9.84 Å². The van der Waals surface area contributed by atoms with Crippen LogP contribution in [0.5, 0.6) is 5.75 Å². The quantitative estimate of drug-likeness (QED) is 0.865. The molecule has 0 aliphatic carbocycles. The predicted octanol–water partition coefficient (Wildman–Crippen LogP) is 2.33. The lowest BCUT2D eigenvalue weighted by molar-refractivity contribution is -0.137. The number of nitrogens with one attached hydrogen (secondary N) is 1. The Morgan fingerprint density at radius 2 is 2.21 bits per heavy atom. The number of aryl methyl sites for hydroxylation is 1. The van der Waals surface area contributed by atoms with E-state index in [1.807, 2.05) is 31.2 Å². The number of aromatic amines is 1. The van der Waals surface area contributed by atoms with Crippen LogP contribution in [0.3, 0.4) is 0 Å². The summed E-state index contributed by atoms with van der Waals surface area (Å²) in [6.07, 6.45) is 1.66. The molecule has 2 N–H and O–H groups in total. The molecule has 0 saturated heterocycles. The van der Waals surface area contributed by atoms with E-state index >= 15 is 0 Å². The zero-order valence-corrected chi connectivity index (χ0v) is 10.9. The minimum absolute atomic E-state index is 0.0119. The van der Waals surface area contributed by atoms with Gasteiger partial charge in [0.05, 0.1) is 13.5 Å². The molecule has 0 aliphatic rings. The highest BCUT2D eigenvalue weighted by atomic mass is 16.5. The van der Waals surface area contributed by atoms with E-state index < -0.39 is 5.97 Å². The fourth-order valence-electron chi connectivity index (χ4n) is 2.13. The molecule has 0 fully saturated rings. The maximum atomic E-state index is 11.1. The van der Waals surface area contributed by atoms with Gasteiger partial charge < -0.3 is 14.8 Å². The maximum absolute atomic E-state index is 11.1. The number of ether oxygens (including phenoxy) is 1. The number of para-hydroxylation sites is 1. The van der Waals surface area contributed by atoms with Gasteiger partial charge in [-0.05, 0) is 13.0 Å². The smallest absolute Gasteiger partial charge is 0.304 e. The van der Waals surface area contributed by atoms with Gasteiger partial charge in [-0.1, -0.05) is 18.2 Å². The number of hydrogen-bond acceptors (Lipinski definition) is 3. The Morgan fingerprint density at radius 1 is 1.47 bits per heavy atom. The van der Waals surface area contributed by atoms with Gasteiger partial charge in [0.1, 0.15) is 11.6 Å². The van der Waals surface area contributed by atoms with Crippen molar-refractivity contribution in [1.82, 2.24) is 9.97 Å². The van der Waals surface area contributed by atoms with Gasteiger partial charge in [0.2, 0.25) is 0 Å². The molecule has 100 valence electrons. The number of rotatable bonds is 5. The first-order valence-corrected chi connectivity index (χ1v) is 5.98. The van der Waals surface area contributed by atoms with Crippen LogP contribution in [0.4, 0.5) is 0 Å². The Balaban J connectivity index is 2.45. The SMILES string of the molecule is COc1ccccc1C(CC(=O)O)c1cnc(C)[nH]1. The van der Waals surface area contributed by atoms with Crippen molar-refractivity contribution in [2.24, 2.45) is 0 Å².